The molecule has 1 aromatic rings. The molecule has 0 fully saturated rings. The van der Waals surface area contributed by atoms with Gasteiger partial charge in [0.2, 0.25) is 0 Å². The molecule has 2 nitrogen and oxygen atoms in total. The van der Waals surface area contributed by atoms with Gasteiger partial charge in [-0.3, -0.25) is 0 Å². The molecule has 1 atom stereocenters. The van der Waals surface area contributed by atoms with Crippen LogP contribution in [0.1, 0.15) is 84.8 Å². The Kier molecular flexibility index (Phi) is 7.13. The number of hydrogen-bond donors (Lipinski definition) is 2. The maximum Gasteiger partial charge on any atom is 0.119 e. The van der Waals surface area contributed by atoms with Gasteiger partial charge in [0, 0.05) is 0 Å². The summed E-state index contributed by atoms with van der Waals surface area (Å²) < 4.78 is 0. The highest BCUT2D eigenvalue weighted by atomic mass is 16.3. The standard InChI is InChI=1S/C21H36O2/c1-16(10-8-14-21(5,6)23)9-7-11-17-12-13-19(22)18(15-17)20(2,3)4/h12-13,15-16,22-23H,7-11,14H2,1-6H3. The molecule has 1 unspecified atom stereocenters. The van der Waals surface area contributed by atoms with E-state index >= 15 is 0 Å². The summed E-state index contributed by atoms with van der Waals surface area (Å²) in [6.07, 6.45) is 6.63. The van der Waals surface area contributed by atoms with Crippen molar-refractivity contribution in [2.45, 2.75) is 91.1 Å². The molecule has 0 aliphatic rings. The molecule has 2 N–H and O–H groups in total. The van der Waals surface area contributed by atoms with Crippen LogP contribution in [0.3, 0.4) is 0 Å². The van der Waals surface area contributed by atoms with E-state index in [2.05, 4.69) is 33.8 Å². The lowest BCUT2D eigenvalue weighted by Gasteiger charge is -2.21. The summed E-state index contributed by atoms with van der Waals surface area (Å²) in [5, 5.41) is 19.8. The minimum absolute atomic E-state index is 0.0233. The van der Waals surface area contributed by atoms with Gasteiger partial charge in [0.1, 0.15) is 5.75 Å². The van der Waals surface area contributed by atoms with E-state index in [1.54, 1.807) is 0 Å². The lowest BCUT2D eigenvalue weighted by molar-refractivity contribution is 0.0669. The molecule has 0 radical (unpaired) electrons. The zero-order valence-corrected chi connectivity index (χ0v) is 15.9. The second kappa shape index (κ2) is 8.19. The smallest absolute Gasteiger partial charge is 0.119 e. The van der Waals surface area contributed by atoms with Crippen LogP contribution >= 0.6 is 0 Å². The Balaban J connectivity index is 2.41. The highest BCUT2D eigenvalue weighted by molar-refractivity contribution is 5.40. The van der Waals surface area contributed by atoms with Crippen LogP contribution in [-0.2, 0) is 11.8 Å². The minimum Gasteiger partial charge on any atom is -0.508 e. The first-order valence-corrected chi connectivity index (χ1v) is 9.04. The predicted octanol–water partition coefficient (Wildman–Crippen LogP) is 5.59. The van der Waals surface area contributed by atoms with Gasteiger partial charge >= 0.3 is 0 Å². The Morgan fingerprint density at radius 1 is 1.00 bits per heavy atom. The number of hydrogen-bond acceptors (Lipinski definition) is 2. The Morgan fingerprint density at radius 2 is 1.61 bits per heavy atom. The van der Waals surface area contributed by atoms with Crippen molar-refractivity contribution in [1.29, 1.82) is 0 Å². The second-order valence-electron chi connectivity index (χ2n) is 8.80. The average Bonchev–Trinajstić information content (AvgIpc) is 2.38. The fraction of sp³-hybridized carbons (Fsp3) is 0.714. The minimum atomic E-state index is -0.533. The SMILES string of the molecule is CC(CCCc1ccc(O)c(C(C)(C)C)c1)CCCC(C)(C)O. The summed E-state index contributed by atoms with van der Waals surface area (Å²) in [4.78, 5) is 0. The molecule has 2 heteroatoms. The maximum atomic E-state index is 10.0. The summed E-state index contributed by atoms with van der Waals surface area (Å²) >= 11 is 0. The molecule has 1 rings (SSSR count). The largest absolute Gasteiger partial charge is 0.508 e. The Labute approximate surface area is 142 Å². The summed E-state index contributed by atoms with van der Waals surface area (Å²) in [6, 6.07) is 6.04. The number of phenols is 1. The predicted molar refractivity (Wildman–Crippen MR) is 99.1 cm³/mol. The molecule has 0 saturated heterocycles. The van der Waals surface area contributed by atoms with Crippen molar-refractivity contribution in [3.63, 3.8) is 0 Å². The van der Waals surface area contributed by atoms with Gasteiger partial charge in [0.05, 0.1) is 5.60 Å². The van der Waals surface area contributed by atoms with Gasteiger partial charge in [-0.25, -0.2) is 0 Å². The van der Waals surface area contributed by atoms with E-state index in [0.717, 1.165) is 24.8 Å². The monoisotopic (exact) mass is 320 g/mol. The number of phenolic OH excluding ortho intramolecular Hbond substituents is 1. The van der Waals surface area contributed by atoms with Crippen LogP contribution in [0, 0.1) is 5.92 Å². The highest BCUT2D eigenvalue weighted by Crippen LogP contribution is 2.31. The van der Waals surface area contributed by atoms with Crippen LogP contribution in [0.5, 0.6) is 5.75 Å². The Bertz CT molecular complexity index is 478. The van der Waals surface area contributed by atoms with Gasteiger partial charge in [-0.2, -0.15) is 0 Å². The van der Waals surface area contributed by atoms with Gasteiger partial charge in [0.15, 0.2) is 0 Å². The molecule has 0 aromatic heterocycles. The average molecular weight is 321 g/mol. The number of aryl methyl sites for hydroxylation is 1. The summed E-state index contributed by atoms with van der Waals surface area (Å²) in [6.45, 7) is 12.5. The van der Waals surface area contributed by atoms with Crippen molar-refractivity contribution in [3.05, 3.63) is 29.3 Å². The van der Waals surface area contributed by atoms with E-state index in [1.807, 2.05) is 26.0 Å². The van der Waals surface area contributed by atoms with Gasteiger partial charge in [0.25, 0.3) is 0 Å². The normalized spacial score (nSPS) is 14.0. The van der Waals surface area contributed by atoms with Gasteiger partial charge < -0.3 is 10.2 Å². The molecule has 1 aromatic carbocycles. The van der Waals surface area contributed by atoms with Crippen molar-refractivity contribution in [2.24, 2.45) is 5.92 Å². The highest BCUT2D eigenvalue weighted by Gasteiger charge is 2.18. The number of rotatable bonds is 8. The Morgan fingerprint density at radius 3 is 2.17 bits per heavy atom. The first kappa shape index (κ1) is 20.0. The number of benzene rings is 1. The third-order valence-corrected chi connectivity index (χ3v) is 4.52. The Hall–Kier alpha value is -1.02. The van der Waals surface area contributed by atoms with Gasteiger partial charge in [-0.1, -0.05) is 59.1 Å². The van der Waals surface area contributed by atoms with Crippen LogP contribution in [0.25, 0.3) is 0 Å². The van der Waals surface area contributed by atoms with Crippen molar-refractivity contribution in [2.75, 3.05) is 0 Å². The van der Waals surface area contributed by atoms with Crippen molar-refractivity contribution < 1.29 is 10.2 Å². The lowest BCUT2D eigenvalue weighted by Crippen LogP contribution is -2.18. The fourth-order valence-electron chi connectivity index (χ4n) is 3.02. The van der Waals surface area contributed by atoms with Gasteiger partial charge in [-0.05, 0) is 61.6 Å². The first-order chi connectivity index (χ1) is 10.5. The van der Waals surface area contributed by atoms with Crippen molar-refractivity contribution in [1.82, 2.24) is 0 Å². The van der Waals surface area contributed by atoms with E-state index in [9.17, 15) is 10.2 Å². The zero-order chi connectivity index (χ0) is 17.7. The van der Waals surface area contributed by atoms with Gasteiger partial charge in [-0.15, -0.1) is 0 Å². The maximum absolute atomic E-state index is 10.0. The van der Waals surface area contributed by atoms with E-state index in [0.29, 0.717) is 11.7 Å². The lowest BCUT2D eigenvalue weighted by atomic mass is 9.84. The molecule has 0 aliphatic carbocycles. The summed E-state index contributed by atoms with van der Waals surface area (Å²) in [5.41, 5.74) is 1.80. The number of aliphatic hydroxyl groups is 1. The molecule has 0 saturated carbocycles. The molecule has 0 amide bonds. The van der Waals surface area contributed by atoms with Crippen molar-refractivity contribution in [3.8, 4) is 5.75 Å². The van der Waals surface area contributed by atoms with Crippen LogP contribution in [0.15, 0.2) is 18.2 Å². The second-order valence-corrected chi connectivity index (χ2v) is 8.80. The molecule has 0 spiro atoms. The van der Waals surface area contributed by atoms with E-state index in [1.165, 1.54) is 24.8 Å². The van der Waals surface area contributed by atoms with Crippen LogP contribution < -0.4 is 0 Å². The molecular formula is C21H36O2. The summed E-state index contributed by atoms with van der Waals surface area (Å²) in [5.74, 6) is 1.11. The van der Waals surface area contributed by atoms with E-state index in [4.69, 9.17) is 0 Å². The molecule has 132 valence electrons. The fourth-order valence-corrected chi connectivity index (χ4v) is 3.02. The first-order valence-electron chi connectivity index (χ1n) is 9.04. The summed E-state index contributed by atoms with van der Waals surface area (Å²) in [7, 11) is 0. The van der Waals surface area contributed by atoms with Crippen LogP contribution in [0.4, 0.5) is 0 Å². The third kappa shape index (κ3) is 7.87. The quantitative estimate of drug-likeness (QED) is 0.655. The topological polar surface area (TPSA) is 40.5 Å². The van der Waals surface area contributed by atoms with Crippen LogP contribution in [0.2, 0.25) is 0 Å². The molecule has 0 heterocycles. The third-order valence-electron chi connectivity index (χ3n) is 4.52. The zero-order valence-electron chi connectivity index (χ0n) is 15.9. The molecule has 23 heavy (non-hydrogen) atoms. The number of aromatic hydroxyl groups is 1. The molecule has 0 aliphatic heterocycles. The van der Waals surface area contributed by atoms with E-state index < -0.39 is 5.60 Å². The van der Waals surface area contributed by atoms with Crippen molar-refractivity contribution >= 4 is 0 Å². The molecule has 0 bridgehead atoms. The van der Waals surface area contributed by atoms with E-state index in [-0.39, 0.29) is 5.41 Å². The van der Waals surface area contributed by atoms with Crippen LogP contribution in [-0.4, -0.2) is 15.8 Å². The molecular weight excluding hydrogens is 284 g/mol.